The van der Waals surface area contributed by atoms with Crippen molar-refractivity contribution >= 4 is 5.78 Å². The summed E-state index contributed by atoms with van der Waals surface area (Å²) >= 11 is 0. The normalized spacial score (nSPS) is 30.1. The van der Waals surface area contributed by atoms with Gasteiger partial charge < -0.3 is 4.74 Å². The van der Waals surface area contributed by atoms with Crippen LogP contribution in [0.25, 0.3) is 0 Å². The zero-order chi connectivity index (χ0) is 9.80. The Balaban J connectivity index is 1.85. The minimum atomic E-state index is -0.0492. The van der Waals surface area contributed by atoms with Crippen LogP contribution in [-0.2, 0) is 9.53 Å². The van der Waals surface area contributed by atoms with Gasteiger partial charge in [-0.05, 0) is 32.1 Å². The molecule has 1 aliphatic carbocycles. The fourth-order valence-electron chi connectivity index (χ4n) is 2.62. The second kappa shape index (κ2) is 4.92. The molecule has 1 saturated carbocycles. The summed E-state index contributed by atoms with van der Waals surface area (Å²) in [6, 6.07) is 0. The molecule has 80 valence electrons. The summed E-state index contributed by atoms with van der Waals surface area (Å²) in [5.41, 5.74) is 0. The Labute approximate surface area is 86.0 Å². The van der Waals surface area contributed by atoms with Gasteiger partial charge in [-0.1, -0.05) is 19.3 Å². The first-order valence-corrected chi connectivity index (χ1v) is 6.03. The predicted octanol–water partition coefficient (Wildman–Crippen LogP) is 2.70. The minimum Gasteiger partial charge on any atom is -0.370 e. The van der Waals surface area contributed by atoms with Gasteiger partial charge in [0.1, 0.15) is 6.10 Å². The van der Waals surface area contributed by atoms with Gasteiger partial charge in [-0.15, -0.1) is 0 Å². The molecule has 0 spiro atoms. The number of hydrogen-bond donors (Lipinski definition) is 0. The largest absolute Gasteiger partial charge is 0.370 e. The van der Waals surface area contributed by atoms with E-state index in [-0.39, 0.29) is 6.10 Å². The summed E-state index contributed by atoms with van der Waals surface area (Å²) in [6.45, 7) is 0.795. The van der Waals surface area contributed by atoms with Crippen LogP contribution in [0, 0.1) is 5.92 Å². The molecule has 0 aromatic carbocycles. The molecule has 1 heterocycles. The Bertz CT molecular complexity index is 168. The van der Waals surface area contributed by atoms with Crippen molar-refractivity contribution in [2.24, 2.45) is 5.92 Å². The maximum absolute atomic E-state index is 12.0. The molecule has 2 nitrogen and oxygen atoms in total. The van der Waals surface area contributed by atoms with Gasteiger partial charge in [0.2, 0.25) is 0 Å². The van der Waals surface area contributed by atoms with Crippen LogP contribution in [0.1, 0.15) is 51.4 Å². The molecule has 1 saturated heterocycles. The van der Waals surface area contributed by atoms with E-state index in [4.69, 9.17) is 4.74 Å². The average Bonchev–Trinajstić information content (AvgIpc) is 2.30. The van der Waals surface area contributed by atoms with E-state index in [0.29, 0.717) is 11.7 Å². The van der Waals surface area contributed by atoms with E-state index in [2.05, 4.69) is 0 Å². The molecule has 2 aliphatic rings. The molecule has 1 aliphatic heterocycles. The number of carbonyl (C=O) groups is 1. The number of ether oxygens (including phenoxy) is 1. The summed E-state index contributed by atoms with van der Waals surface area (Å²) in [5, 5.41) is 0. The van der Waals surface area contributed by atoms with Gasteiger partial charge in [0.05, 0.1) is 0 Å². The van der Waals surface area contributed by atoms with Crippen LogP contribution < -0.4 is 0 Å². The van der Waals surface area contributed by atoms with E-state index in [0.717, 1.165) is 32.3 Å². The SMILES string of the molecule is O=C(C1CCCCC1)[C@@H]1CCCCO1. The Morgan fingerprint density at radius 3 is 2.29 bits per heavy atom. The van der Waals surface area contributed by atoms with Gasteiger partial charge in [0, 0.05) is 12.5 Å². The maximum Gasteiger partial charge on any atom is 0.164 e. The first-order valence-electron chi connectivity index (χ1n) is 6.03. The molecular weight excluding hydrogens is 176 g/mol. The van der Waals surface area contributed by atoms with Gasteiger partial charge in [-0.25, -0.2) is 0 Å². The fourth-order valence-corrected chi connectivity index (χ4v) is 2.62. The van der Waals surface area contributed by atoms with Gasteiger partial charge in [-0.2, -0.15) is 0 Å². The summed E-state index contributed by atoms with van der Waals surface area (Å²) in [7, 11) is 0. The highest BCUT2D eigenvalue weighted by atomic mass is 16.5. The highest BCUT2D eigenvalue weighted by Crippen LogP contribution is 2.28. The van der Waals surface area contributed by atoms with Crippen LogP contribution >= 0.6 is 0 Å². The van der Waals surface area contributed by atoms with Gasteiger partial charge in [-0.3, -0.25) is 4.79 Å². The number of hydrogen-bond acceptors (Lipinski definition) is 2. The molecule has 0 N–H and O–H groups in total. The second-order valence-corrected chi connectivity index (χ2v) is 4.59. The van der Waals surface area contributed by atoms with E-state index >= 15 is 0 Å². The first kappa shape index (κ1) is 10.2. The molecule has 0 bridgehead atoms. The molecule has 2 heteroatoms. The monoisotopic (exact) mass is 196 g/mol. The Hall–Kier alpha value is -0.370. The van der Waals surface area contributed by atoms with E-state index in [9.17, 15) is 4.79 Å². The van der Waals surface area contributed by atoms with Crippen molar-refractivity contribution in [1.29, 1.82) is 0 Å². The quantitative estimate of drug-likeness (QED) is 0.678. The molecule has 0 aromatic heterocycles. The van der Waals surface area contributed by atoms with E-state index in [1.54, 1.807) is 0 Å². The second-order valence-electron chi connectivity index (χ2n) is 4.59. The molecule has 2 fully saturated rings. The Morgan fingerprint density at radius 1 is 0.929 bits per heavy atom. The summed E-state index contributed by atoms with van der Waals surface area (Å²) in [6.07, 6.45) is 9.23. The molecule has 14 heavy (non-hydrogen) atoms. The Morgan fingerprint density at radius 2 is 1.64 bits per heavy atom. The van der Waals surface area contributed by atoms with Crippen LogP contribution in [-0.4, -0.2) is 18.5 Å². The topological polar surface area (TPSA) is 26.3 Å². The van der Waals surface area contributed by atoms with Crippen LogP contribution in [0.15, 0.2) is 0 Å². The van der Waals surface area contributed by atoms with Crippen molar-refractivity contribution < 1.29 is 9.53 Å². The molecule has 0 amide bonds. The van der Waals surface area contributed by atoms with Crippen molar-refractivity contribution in [3.63, 3.8) is 0 Å². The molecule has 2 rings (SSSR count). The number of carbonyl (C=O) groups excluding carboxylic acids is 1. The standard InChI is InChI=1S/C12H20O2/c13-12(10-6-2-1-3-7-10)11-8-4-5-9-14-11/h10-11H,1-9H2/t11-/m0/s1. The number of ketones is 1. The third-order valence-electron chi connectivity index (χ3n) is 3.50. The molecule has 0 unspecified atom stereocenters. The molecule has 0 radical (unpaired) electrons. The smallest absolute Gasteiger partial charge is 0.164 e. The van der Waals surface area contributed by atoms with Crippen molar-refractivity contribution in [3.8, 4) is 0 Å². The van der Waals surface area contributed by atoms with Crippen molar-refractivity contribution in [2.45, 2.75) is 57.5 Å². The van der Waals surface area contributed by atoms with E-state index in [1.807, 2.05) is 0 Å². The van der Waals surface area contributed by atoms with E-state index < -0.39 is 0 Å². The van der Waals surface area contributed by atoms with Crippen LogP contribution in [0.2, 0.25) is 0 Å². The highest BCUT2D eigenvalue weighted by molar-refractivity contribution is 5.85. The van der Waals surface area contributed by atoms with Crippen molar-refractivity contribution in [3.05, 3.63) is 0 Å². The zero-order valence-electron chi connectivity index (χ0n) is 8.84. The molecule has 0 aromatic rings. The molecule has 1 atom stereocenters. The fraction of sp³-hybridized carbons (Fsp3) is 0.917. The zero-order valence-corrected chi connectivity index (χ0v) is 8.84. The van der Waals surface area contributed by atoms with E-state index in [1.165, 1.54) is 25.7 Å². The first-order chi connectivity index (χ1) is 6.88. The molecular formula is C12H20O2. The van der Waals surface area contributed by atoms with Gasteiger partial charge in [0.25, 0.3) is 0 Å². The minimum absolute atomic E-state index is 0.0492. The van der Waals surface area contributed by atoms with Gasteiger partial charge >= 0.3 is 0 Å². The van der Waals surface area contributed by atoms with Crippen molar-refractivity contribution in [2.75, 3.05) is 6.61 Å². The highest BCUT2D eigenvalue weighted by Gasteiger charge is 2.29. The lowest BCUT2D eigenvalue weighted by molar-refractivity contribution is -0.138. The third-order valence-corrected chi connectivity index (χ3v) is 3.50. The lowest BCUT2D eigenvalue weighted by atomic mass is 9.83. The lowest BCUT2D eigenvalue weighted by Crippen LogP contribution is -2.34. The van der Waals surface area contributed by atoms with Crippen LogP contribution in [0.3, 0.4) is 0 Å². The van der Waals surface area contributed by atoms with Crippen LogP contribution in [0.4, 0.5) is 0 Å². The summed E-state index contributed by atoms with van der Waals surface area (Å²) in [5.74, 6) is 0.733. The summed E-state index contributed by atoms with van der Waals surface area (Å²) < 4.78 is 5.54. The predicted molar refractivity (Wildman–Crippen MR) is 55.2 cm³/mol. The maximum atomic E-state index is 12.0. The number of rotatable bonds is 2. The van der Waals surface area contributed by atoms with Crippen molar-refractivity contribution in [1.82, 2.24) is 0 Å². The third kappa shape index (κ3) is 2.35. The van der Waals surface area contributed by atoms with Crippen LogP contribution in [0.5, 0.6) is 0 Å². The lowest BCUT2D eigenvalue weighted by Gasteiger charge is -2.27. The average molecular weight is 196 g/mol. The Kier molecular flexibility index (Phi) is 3.57. The number of Topliss-reactive ketones (excluding diaryl/α,β-unsaturated/α-hetero) is 1. The van der Waals surface area contributed by atoms with Gasteiger partial charge in [0.15, 0.2) is 5.78 Å². The summed E-state index contributed by atoms with van der Waals surface area (Å²) in [4.78, 5) is 12.0.